The van der Waals surface area contributed by atoms with Crippen molar-refractivity contribution in [3.05, 3.63) is 0 Å². The van der Waals surface area contributed by atoms with E-state index in [1.807, 2.05) is 6.92 Å². The summed E-state index contributed by atoms with van der Waals surface area (Å²) >= 11 is 0. The van der Waals surface area contributed by atoms with Gasteiger partial charge < -0.3 is 20.4 Å². The molecule has 7 nitrogen and oxygen atoms in total. The van der Waals surface area contributed by atoms with E-state index in [2.05, 4.69) is 5.32 Å². The molecule has 16 heavy (non-hydrogen) atoms. The van der Waals surface area contributed by atoms with Crippen LogP contribution in [-0.4, -0.2) is 51.7 Å². The monoisotopic (exact) mass is 230 g/mol. The molecule has 1 saturated carbocycles. The van der Waals surface area contributed by atoms with E-state index in [1.165, 1.54) is 0 Å². The average Bonchev–Trinajstić information content (AvgIpc) is 2.80. The largest absolute Gasteiger partial charge is 0.480 e. The second kappa shape index (κ2) is 4.38. The first-order valence-electron chi connectivity index (χ1n) is 4.83. The first-order chi connectivity index (χ1) is 7.32. The predicted octanol–water partition coefficient (Wildman–Crippen LogP) is -0.280. The maximum absolute atomic E-state index is 11.6. The Morgan fingerprint density at radius 2 is 1.62 bits per heavy atom. The topological polar surface area (TPSA) is 107 Å². The molecule has 0 radical (unpaired) electrons. The Morgan fingerprint density at radius 1 is 1.19 bits per heavy atom. The molecular weight excluding hydrogens is 216 g/mol. The van der Waals surface area contributed by atoms with Crippen molar-refractivity contribution in [2.45, 2.75) is 25.3 Å². The highest BCUT2D eigenvalue weighted by Gasteiger charge is 2.40. The van der Waals surface area contributed by atoms with Crippen molar-refractivity contribution in [1.82, 2.24) is 10.2 Å². The summed E-state index contributed by atoms with van der Waals surface area (Å²) in [6.07, 6.45) is 1.65. The molecule has 90 valence electrons. The summed E-state index contributed by atoms with van der Waals surface area (Å²) in [5.74, 6) is -2.48. The van der Waals surface area contributed by atoms with E-state index in [0.29, 0.717) is 0 Å². The van der Waals surface area contributed by atoms with Crippen LogP contribution in [0.1, 0.15) is 19.8 Å². The summed E-state index contributed by atoms with van der Waals surface area (Å²) in [4.78, 5) is 33.2. The van der Waals surface area contributed by atoms with Crippen LogP contribution in [0.5, 0.6) is 0 Å². The molecule has 0 aromatic carbocycles. The van der Waals surface area contributed by atoms with Crippen LogP contribution >= 0.6 is 0 Å². The Hall–Kier alpha value is -1.79. The number of carboxylic acids is 2. The maximum Gasteiger partial charge on any atom is 0.323 e. The lowest BCUT2D eigenvalue weighted by Gasteiger charge is -2.21. The first-order valence-corrected chi connectivity index (χ1v) is 4.83. The number of amides is 2. The van der Waals surface area contributed by atoms with Gasteiger partial charge in [0.1, 0.15) is 13.1 Å². The lowest BCUT2D eigenvalue weighted by Crippen LogP contribution is -2.48. The zero-order chi connectivity index (χ0) is 12.3. The Morgan fingerprint density at radius 3 is 1.94 bits per heavy atom. The van der Waals surface area contributed by atoms with Crippen LogP contribution in [0.2, 0.25) is 0 Å². The van der Waals surface area contributed by atoms with Gasteiger partial charge in [-0.1, -0.05) is 0 Å². The summed E-state index contributed by atoms with van der Waals surface area (Å²) in [5.41, 5.74) is -0.299. The van der Waals surface area contributed by atoms with Crippen LogP contribution in [0.25, 0.3) is 0 Å². The summed E-state index contributed by atoms with van der Waals surface area (Å²) in [6, 6.07) is -0.648. The van der Waals surface area contributed by atoms with Crippen molar-refractivity contribution >= 4 is 18.0 Å². The molecular formula is C9H14N2O5. The van der Waals surface area contributed by atoms with Crippen LogP contribution in [-0.2, 0) is 9.59 Å². The van der Waals surface area contributed by atoms with E-state index < -0.39 is 31.1 Å². The van der Waals surface area contributed by atoms with Crippen LogP contribution in [0, 0.1) is 0 Å². The van der Waals surface area contributed by atoms with E-state index >= 15 is 0 Å². The average molecular weight is 230 g/mol. The van der Waals surface area contributed by atoms with Crippen LogP contribution in [0.4, 0.5) is 4.79 Å². The molecule has 0 heterocycles. The van der Waals surface area contributed by atoms with Crippen molar-refractivity contribution in [2.24, 2.45) is 0 Å². The second-order valence-electron chi connectivity index (χ2n) is 4.13. The number of nitrogens with zero attached hydrogens (tertiary/aromatic N) is 1. The SMILES string of the molecule is CC1(NC(=O)N(CC(=O)O)CC(=O)O)CC1. The number of aliphatic carboxylic acids is 2. The zero-order valence-electron chi connectivity index (χ0n) is 8.89. The van der Waals surface area contributed by atoms with Gasteiger partial charge in [0.25, 0.3) is 0 Å². The minimum absolute atomic E-state index is 0.299. The number of carbonyl (C=O) groups is 3. The van der Waals surface area contributed by atoms with Gasteiger partial charge in [-0.15, -0.1) is 0 Å². The molecule has 0 aromatic heterocycles. The van der Waals surface area contributed by atoms with E-state index in [1.54, 1.807) is 0 Å². The fraction of sp³-hybridized carbons (Fsp3) is 0.667. The summed E-state index contributed by atoms with van der Waals surface area (Å²) in [5, 5.41) is 19.7. The van der Waals surface area contributed by atoms with Crippen molar-refractivity contribution in [3.8, 4) is 0 Å². The van der Waals surface area contributed by atoms with Gasteiger partial charge in [0.05, 0.1) is 0 Å². The number of urea groups is 1. The first kappa shape index (κ1) is 12.3. The second-order valence-corrected chi connectivity index (χ2v) is 4.13. The fourth-order valence-electron chi connectivity index (χ4n) is 1.18. The van der Waals surface area contributed by atoms with Gasteiger partial charge in [0.2, 0.25) is 0 Å². The standard InChI is InChI=1S/C9H14N2O5/c1-9(2-3-9)10-8(16)11(4-6(12)13)5-7(14)15/h2-5H2,1H3,(H,10,16)(H,12,13)(H,14,15). The van der Waals surface area contributed by atoms with Gasteiger partial charge >= 0.3 is 18.0 Å². The minimum Gasteiger partial charge on any atom is -0.480 e. The van der Waals surface area contributed by atoms with Crippen molar-refractivity contribution in [1.29, 1.82) is 0 Å². The molecule has 3 N–H and O–H groups in total. The van der Waals surface area contributed by atoms with E-state index in [4.69, 9.17) is 10.2 Å². The molecule has 0 atom stereocenters. The van der Waals surface area contributed by atoms with Crippen molar-refractivity contribution < 1.29 is 24.6 Å². The van der Waals surface area contributed by atoms with E-state index in [0.717, 1.165) is 17.7 Å². The number of carboxylic acid groups (broad SMARTS) is 2. The molecule has 0 aliphatic heterocycles. The van der Waals surface area contributed by atoms with Gasteiger partial charge in [-0.2, -0.15) is 0 Å². The van der Waals surface area contributed by atoms with Gasteiger partial charge in [0.15, 0.2) is 0 Å². The van der Waals surface area contributed by atoms with Gasteiger partial charge in [-0.25, -0.2) is 4.79 Å². The zero-order valence-corrected chi connectivity index (χ0v) is 8.89. The molecule has 1 rings (SSSR count). The highest BCUT2D eigenvalue weighted by molar-refractivity contribution is 5.84. The Kier molecular flexibility index (Phi) is 3.36. The molecule has 0 unspecified atom stereocenters. The number of rotatable bonds is 5. The number of hydrogen-bond donors (Lipinski definition) is 3. The predicted molar refractivity (Wildman–Crippen MR) is 53.0 cm³/mol. The highest BCUT2D eigenvalue weighted by atomic mass is 16.4. The molecule has 2 amide bonds. The molecule has 1 fully saturated rings. The van der Waals surface area contributed by atoms with E-state index in [-0.39, 0.29) is 5.54 Å². The van der Waals surface area contributed by atoms with Crippen molar-refractivity contribution in [2.75, 3.05) is 13.1 Å². The number of nitrogens with one attached hydrogen (secondary N) is 1. The summed E-state index contributed by atoms with van der Waals surface area (Å²) in [7, 11) is 0. The summed E-state index contributed by atoms with van der Waals surface area (Å²) < 4.78 is 0. The van der Waals surface area contributed by atoms with Crippen LogP contribution in [0.3, 0.4) is 0 Å². The smallest absolute Gasteiger partial charge is 0.323 e. The molecule has 0 spiro atoms. The lowest BCUT2D eigenvalue weighted by molar-refractivity contribution is -0.140. The van der Waals surface area contributed by atoms with Crippen LogP contribution < -0.4 is 5.32 Å². The molecule has 0 saturated heterocycles. The van der Waals surface area contributed by atoms with Gasteiger partial charge in [-0.3, -0.25) is 9.59 Å². The third-order valence-corrected chi connectivity index (χ3v) is 2.35. The lowest BCUT2D eigenvalue weighted by atomic mass is 10.3. The molecule has 0 bridgehead atoms. The van der Waals surface area contributed by atoms with E-state index in [9.17, 15) is 14.4 Å². The van der Waals surface area contributed by atoms with Gasteiger partial charge in [-0.05, 0) is 19.8 Å². The third-order valence-electron chi connectivity index (χ3n) is 2.35. The molecule has 1 aliphatic carbocycles. The maximum atomic E-state index is 11.6. The quantitative estimate of drug-likeness (QED) is 0.602. The Labute approximate surface area is 92.0 Å². The molecule has 0 aromatic rings. The highest BCUT2D eigenvalue weighted by Crippen LogP contribution is 2.34. The Bertz CT molecular complexity index is 308. The normalized spacial score (nSPS) is 16.3. The molecule has 7 heteroatoms. The fourth-order valence-corrected chi connectivity index (χ4v) is 1.18. The molecule has 1 aliphatic rings. The van der Waals surface area contributed by atoms with Gasteiger partial charge in [0, 0.05) is 5.54 Å². The summed E-state index contributed by atoms with van der Waals surface area (Å²) in [6.45, 7) is 0.590. The minimum atomic E-state index is -1.24. The Balaban J connectivity index is 2.55. The van der Waals surface area contributed by atoms with Crippen LogP contribution in [0.15, 0.2) is 0 Å². The number of hydrogen-bond acceptors (Lipinski definition) is 3. The number of carbonyl (C=O) groups excluding carboxylic acids is 1. The van der Waals surface area contributed by atoms with Crippen molar-refractivity contribution in [3.63, 3.8) is 0 Å². The third kappa shape index (κ3) is 3.76.